The van der Waals surface area contributed by atoms with Crippen molar-refractivity contribution in [2.45, 2.75) is 32.9 Å². The van der Waals surface area contributed by atoms with E-state index in [0.717, 1.165) is 17.8 Å². The van der Waals surface area contributed by atoms with E-state index in [1.165, 1.54) is 18.3 Å². The predicted molar refractivity (Wildman–Crippen MR) is 77.2 cm³/mol. The van der Waals surface area contributed by atoms with Crippen LogP contribution >= 0.6 is 0 Å². The molecule has 106 valence electrons. The van der Waals surface area contributed by atoms with E-state index in [4.69, 9.17) is 0 Å². The summed E-state index contributed by atoms with van der Waals surface area (Å²) in [4.78, 5) is 15.6. The van der Waals surface area contributed by atoms with Gasteiger partial charge in [-0.1, -0.05) is 6.92 Å². The van der Waals surface area contributed by atoms with Crippen molar-refractivity contribution in [3.8, 4) is 0 Å². The van der Waals surface area contributed by atoms with Crippen LogP contribution in [-0.4, -0.2) is 9.55 Å². The molecule has 0 saturated heterocycles. The number of halogens is 1. The minimum absolute atomic E-state index is 0.0154. The Bertz CT molecular complexity index is 622. The first-order valence-electron chi connectivity index (χ1n) is 6.72. The van der Waals surface area contributed by atoms with E-state index < -0.39 is 0 Å². The number of hydrogen-bond donors (Lipinski definition) is 1. The van der Waals surface area contributed by atoms with Crippen molar-refractivity contribution in [1.82, 2.24) is 9.55 Å². The average molecular weight is 275 g/mol. The molecule has 2 aromatic rings. The van der Waals surface area contributed by atoms with E-state index in [0.29, 0.717) is 6.54 Å². The first kappa shape index (κ1) is 14.2. The molecule has 4 nitrogen and oxygen atoms in total. The van der Waals surface area contributed by atoms with Crippen molar-refractivity contribution >= 4 is 5.69 Å². The molecule has 1 atom stereocenters. The molecule has 0 aliphatic carbocycles. The van der Waals surface area contributed by atoms with Crippen LogP contribution in [0.25, 0.3) is 0 Å². The molecule has 20 heavy (non-hydrogen) atoms. The molecule has 2 rings (SSSR count). The quantitative estimate of drug-likeness (QED) is 0.912. The molecular weight excluding hydrogens is 257 g/mol. The fourth-order valence-corrected chi connectivity index (χ4v) is 2.04. The topological polar surface area (TPSA) is 46.9 Å². The third-order valence-corrected chi connectivity index (χ3v) is 3.18. The number of pyridine rings is 2. The predicted octanol–water partition coefficient (Wildman–Crippen LogP) is 2.97. The zero-order valence-electron chi connectivity index (χ0n) is 11.6. The third kappa shape index (κ3) is 3.23. The van der Waals surface area contributed by atoms with Crippen LogP contribution in [0.5, 0.6) is 0 Å². The Morgan fingerprint density at radius 2 is 2.10 bits per heavy atom. The SMILES string of the molecule is CCC(Nc1ccc(=O)n(CC)c1)c1ccc(F)cn1. The monoisotopic (exact) mass is 275 g/mol. The van der Waals surface area contributed by atoms with Gasteiger partial charge in [0.1, 0.15) is 5.82 Å². The van der Waals surface area contributed by atoms with Crippen LogP contribution in [0.2, 0.25) is 0 Å². The lowest BCUT2D eigenvalue weighted by molar-refractivity contribution is 0.614. The van der Waals surface area contributed by atoms with Crippen LogP contribution in [-0.2, 0) is 6.54 Å². The molecule has 0 amide bonds. The molecule has 0 aliphatic rings. The van der Waals surface area contributed by atoms with Gasteiger partial charge in [0, 0.05) is 18.8 Å². The molecule has 5 heteroatoms. The van der Waals surface area contributed by atoms with Gasteiger partial charge in [0.2, 0.25) is 0 Å². The fraction of sp³-hybridized carbons (Fsp3) is 0.333. The summed E-state index contributed by atoms with van der Waals surface area (Å²) in [7, 11) is 0. The van der Waals surface area contributed by atoms with Gasteiger partial charge in [-0.3, -0.25) is 9.78 Å². The van der Waals surface area contributed by atoms with Crippen molar-refractivity contribution in [3.05, 3.63) is 58.5 Å². The second-order valence-corrected chi connectivity index (χ2v) is 4.55. The van der Waals surface area contributed by atoms with Gasteiger partial charge < -0.3 is 9.88 Å². The standard InChI is InChI=1S/C15H18FN3O/c1-3-13(14-7-5-11(16)9-17-14)18-12-6-8-15(20)19(4-2)10-12/h5-10,13,18H,3-4H2,1-2H3. The Hall–Kier alpha value is -2.17. The van der Waals surface area contributed by atoms with Crippen molar-refractivity contribution in [2.24, 2.45) is 0 Å². The van der Waals surface area contributed by atoms with E-state index in [9.17, 15) is 9.18 Å². The summed E-state index contributed by atoms with van der Waals surface area (Å²) in [6, 6.07) is 6.35. The molecule has 2 aromatic heterocycles. The highest BCUT2D eigenvalue weighted by atomic mass is 19.1. The zero-order valence-corrected chi connectivity index (χ0v) is 11.6. The maximum absolute atomic E-state index is 12.9. The summed E-state index contributed by atoms with van der Waals surface area (Å²) >= 11 is 0. The number of anilines is 1. The zero-order chi connectivity index (χ0) is 14.5. The number of hydrogen-bond acceptors (Lipinski definition) is 3. The normalized spacial score (nSPS) is 12.2. The fourth-order valence-electron chi connectivity index (χ4n) is 2.04. The molecule has 0 fully saturated rings. The number of nitrogens with one attached hydrogen (secondary N) is 1. The minimum Gasteiger partial charge on any atom is -0.375 e. The Kier molecular flexibility index (Phi) is 4.50. The van der Waals surface area contributed by atoms with E-state index in [-0.39, 0.29) is 17.4 Å². The molecule has 0 aliphatic heterocycles. The van der Waals surface area contributed by atoms with Crippen LogP contribution in [0.3, 0.4) is 0 Å². The summed E-state index contributed by atoms with van der Waals surface area (Å²) in [5.74, 6) is -0.344. The molecular formula is C15H18FN3O. The molecule has 0 saturated carbocycles. The number of rotatable bonds is 5. The maximum Gasteiger partial charge on any atom is 0.250 e. The molecule has 0 radical (unpaired) electrons. The molecule has 0 bridgehead atoms. The Morgan fingerprint density at radius 3 is 2.70 bits per heavy atom. The van der Waals surface area contributed by atoms with E-state index in [2.05, 4.69) is 10.3 Å². The van der Waals surface area contributed by atoms with Crippen molar-refractivity contribution < 1.29 is 4.39 Å². The lowest BCUT2D eigenvalue weighted by Crippen LogP contribution is -2.19. The van der Waals surface area contributed by atoms with Gasteiger partial charge in [-0.25, -0.2) is 4.39 Å². The van der Waals surface area contributed by atoms with Crippen LogP contribution in [0.15, 0.2) is 41.5 Å². The summed E-state index contributed by atoms with van der Waals surface area (Å²) in [5.41, 5.74) is 1.61. The van der Waals surface area contributed by atoms with Gasteiger partial charge >= 0.3 is 0 Å². The smallest absolute Gasteiger partial charge is 0.250 e. The average Bonchev–Trinajstić information content (AvgIpc) is 2.47. The second kappa shape index (κ2) is 6.32. The highest BCUT2D eigenvalue weighted by Crippen LogP contribution is 2.20. The van der Waals surface area contributed by atoms with Crippen LogP contribution < -0.4 is 10.9 Å². The van der Waals surface area contributed by atoms with Crippen molar-refractivity contribution in [3.63, 3.8) is 0 Å². The van der Waals surface area contributed by atoms with Crippen LogP contribution in [0.4, 0.5) is 10.1 Å². The van der Waals surface area contributed by atoms with Crippen molar-refractivity contribution in [1.29, 1.82) is 0 Å². The Labute approximate surface area is 117 Å². The van der Waals surface area contributed by atoms with Crippen LogP contribution in [0, 0.1) is 5.82 Å². The lowest BCUT2D eigenvalue weighted by Gasteiger charge is -2.18. The maximum atomic E-state index is 12.9. The van der Waals surface area contributed by atoms with Gasteiger partial charge in [-0.15, -0.1) is 0 Å². The van der Waals surface area contributed by atoms with Gasteiger partial charge in [-0.05, 0) is 31.5 Å². The van der Waals surface area contributed by atoms with Gasteiger partial charge in [-0.2, -0.15) is 0 Å². The van der Waals surface area contributed by atoms with Crippen molar-refractivity contribution in [2.75, 3.05) is 5.32 Å². The minimum atomic E-state index is -0.344. The third-order valence-electron chi connectivity index (χ3n) is 3.18. The highest BCUT2D eigenvalue weighted by molar-refractivity contribution is 5.42. The first-order chi connectivity index (χ1) is 9.63. The van der Waals surface area contributed by atoms with Crippen LogP contribution in [0.1, 0.15) is 32.0 Å². The Balaban J connectivity index is 2.22. The lowest BCUT2D eigenvalue weighted by atomic mass is 10.1. The summed E-state index contributed by atoms with van der Waals surface area (Å²) < 4.78 is 14.5. The van der Waals surface area contributed by atoms with E-state index >= 15 is 0 Å². The van der Waals surface area contributed by atoms with E-state index in [1.54, 1.807) is 22.9 Å². The molecule has 0 aromatic carbocycles. The molecule has 1 unspecified atom stereocenters. The second-order valence-electron chi connectivity index (χ2n) is 4.55. The molecule has 0 spiro atoms. The van der Waals surface area contributed by atoms with E-state index in [1.807, 2.05) is 13.8 Å². The largest absolute Gasteiger partial charge is 0.375 e. The summed E-state index contributed by atoms with van der Waals surface area (Å²) in [6.45, 7) is 4.57. The molecule has 2 heterocycles. The van der Waals surface area contributed by atoms with Gasteiger partial charge in [0.25, 0.3) is 5.56 Å². The summed E-state index contributed by atoms with van der Waals surface area (Å²) in [6.07, 6.45) is 3.81. The van der Waals surface area contributed by atoms with Gasteiger partial charge in [0.15, 0.2) is 0 Å². The van der Waals surface area contributed by atoms with Gasteiger partial charge in [0.05, 0.1) is 23.6 Å². The first-order valence-corrected chi connectivity index (χ1v) is 6.72. The number of nitrogens with zero attached hydrogens (tertiary/aromatic N) is 2. The molecule has 1 N–H and O–H groups in total. The number of aryl methyl sites for hydroxylation is 1. The summed E-state index contributed by atoms with van der Waals surface area (Å²) in [5, 5.41) is 3.32. The Morgan fingerprint density at radius 1 is 1.30 bits per heavy atom. The number of aromatic nitrogens is 2. The highest BCUT2D eigenvalue weighted by Gasteiger charge is 2.11.